The maximum absolute atomic E-state index is 13.4. The minimum absolute atomic E-state index is 0.147. The smallest absolute Gasteiger partial charge is 0.238 e. The molecular weight excluding hydrogens is 399 g/mol. The molecule has 0 saturated carbocycles. The van der Waals surface area contributed by atoms with Gasteiger partial charge in [-0.1, -0.05) is 11.2 Å². The van der Waals surface area contributed by atoms with Gasteiger partial charge in [0.1, 0.15) is 11.6 Å². The predicted octanol–water partition coefficient (Wildman–Crippen LogP) is 4.01. The molecule has 2 aromatic carbocycles. The van der Waals surface area contributed by atoms with Gasteiger partial charge < -0.3 is 14.6 Å². The lowest BCUT2D eigenvalue weighted by Gasteiger charge is -2.29. The number of rotatable bonds is 6. The van der Waals surface area contributed by atoms with Crippen molar-refractivity contribution in [3.05, 3.63) is 59.7 Å². The van der Waals surface area contributed by atoms with E-state index in [2.05, 4.69) is 20.4 Å². The largest absolute Gasteiger partial charge is 0.497 e. The van der Waals surface area contributed by atoms with Gasteiger partial charge in [0.2, 0.25) is 17.6 Å². The number of likely N-dealkylation sites (tertiary alicyclic amines) is 1. The zero-order chi connectivity index (χ0) is 21.8. The molecule has 1 aromatic heterocycles. The molecule has 1 aliphatic heterocycles. The summed E-state index contributed by atoms with van der Waals surface area (Å²) in [4.78, 5) is 19.0. The van der Waals surface area contributed by atoms with Crippen molar-refractivity contribution in [2.45, 2.75) is 25.7 Å². The van der Waals surface area contributed by atoms with E-state index in [9.17, 15) is 9.18 Å². The van der Waals surface area contributed by atoms with Crippen LogP contribution in [0.3, 0.4) is 0 Å². The summed E-state index contributed by atoms with van der Waals surface area (Å²) in [6, 6.07) is 11.9. The number of methoxy groups -OCH3 is 1. The molecule has 7 nitrogen and oxygen atoms in total. The number of nitrogens with one attached hydrogen (secondary N) is 1. The van der Waals surface area contributed by atoms with Gasteiger partial charge in [-0.3, -0.25) is 9.69 Å². The Bertz CT molecular complexity index is 1040. The van der Waals surface area contributed by atoms with Crippen molar-refractivity contribution in [2.24, 2.45) is 0 Å². The topological polar surface area (TPSA) is 80.5 Å². The van der Waals surface area contributed by atoms with Crippen LogP contribution in [0.25, 0.3) is 11.4 Å². The van der Waals surface area contributed by atoms with Crippen LogP contribution in [0.4, 0.5) is 10.1 Å². The summed E-state index contributed by atoms with van der Waals surface area (Å²) >= 11 is 0. The summed E-state index contributed by atoms with van der Waals surface area (Å²) in [5, 5.41) is 6.91. The Labute approximate surface area is 180 Å². The van der Waals surface area contributed by atoms with Crippen LogP contribution in [-0.2, 0) is 4.79 Å². The van der Waals surface area contributed by atoms with Crippen LogP contribution in [0.5, 0.6) is 5.75 Å². The van der Waals surface area contributed by atoms with Gasteiger partial charge >= 0.3 is 0 Å². The number of nitrogens with zero attached hydrogens (tertiary/aromatic N) is 3. The van der Waals surface area contributed by atoms with Crippen molar-refractivity contribution in [3.63, 3.8) is 0 Å². The molecule has 2 heterocycles. The lowest BCUT2D eigenvalue weighted by atomic mass is 9.97. The van der Waals surface area contributed by atoms with Gasteiger partial charge in [-0.05, 0) is 74.8 Å². The number of aromatic nitrogens is 2. The van der Waals surface area contributed by atoms with E-state index in [1.807, 2.05) is 31.2 Å². The third-order valence-corrected chi connectivity index (χ3v) is 5.57. The van der Waals surface area contributed by atoms with Crippen LogP contribution in [0.15, 0.2) is 47.0 Å². The van der Waals surface area contributed by atoms with Gasteiger partial charge in [-0.15, -0.1) is 0 Å². The van der Waals surface area contributed by atoms with Gasteiger partial charge in [0.15, 0.2) is 0 Å². The molecule has 0 radical (unpaired) electrons. The predicted molar refractivity (Wildman–Crippen MR) is 114 cm³/mol. The number of carbonyl (C=O) groups is 1. The van der Waals surface area contributed by atoms with Crippen molar-refractivity contribution >= 4 is 11.6 Å². The second-order valence-electron chi connectivity index (χ2n) is 7.74. The number of carbonyl (C=O) groups excluding carboxylic acids is 1. The molecule has 4 rings (SSSR count). The highest BCUT2D eigenvalue weighted by Gasteiger charge is 2.26. The summed E-state index contributed by atoms with van der Waals surface area (Å²) in [5.41, 5.74) is 2.21. The molecule has 31 heavy (non-hydrogen) atoms. The van der Waals surface area contributed by atoms with Gasteiger partial charge in [-0.25, -0.2) is 4.39 Å². The highest BCUT2D eigenvalue weighted by atomic mass is 19.1. The van der Waals surface area contributed by atoms with Gasteiger partial charge in [0.25, 0.3) is 0 Å². The Morgan fingerprint density at radius 1 is 1.23 bits per heavy atom. The van der Waals surface area contributed by atoms with E-state index in [1.54, 1.807) is 13.2 Å². The van der Waals surface area contributed by atoms with Crippen molar-refractivity contribution in [1.82, 2.24) is 15.0 Å². The van der Waals surface area contributed by atoms with E-state index in [4.69, 9.17) is 9.26 Å². The standard InChI is InChI=1S/C23H25FN4O3/c1-15-3-6-18(24)13-20(15)25-21(29)14-28-11-9-17(10-12-28)23-26-22(27-31-23)16-4-7-19(30-2)8-5-16/h3-8,13,17H,9-12,14H2,1-2H3,(H,25,29). The molecule has 3 aromatic rings. The Morgan fingerprint density at radius 3 is 2.68 bits per heavy atom. The van der Waals surface area contributed by atoms with Gasteiger partial charge in [0, 0.05) is 17.2 Å². The van der Waals surface area contributed by atoms with Crippen LogP contribution in [-0.4, -0.2) is 47.7 Å². The summed E-state index contributed by atoms with van der Waals surface area (Å²) in [6.07, 6.45) is 1.66. The molecule has 0 bridgehead atoms. The number of aryl methyl sites for hydroxylation is 1. The summed E-state index contributed by atoms with van der Waals surface area (Å²) in [7, 11) is 1.62. The fourth-order valence-electron chi connectivity index (χ4n) is 3.72. The first kappa shape index (κ1) is 21.0. The Hall–Kier alpha value is -3.26. The second-order valence-corrected chi connectivity index (χ2v) is 7.74. The maximum Gasteiger partial charge on any atom is 0.238 e. The summed E-state index contributed by atoms with van der Waals surface area (Å²) in [6.45, 7) is 3.61. The maximum atomic E-state index is 13.4. The average molecular weight is 424 g/mol. The zero-order valence-electron chi connectivity index (χ0n) is 17.6. The van der Waals surface area contributed by atoms with E-state index in [1.165, 1.54) is 12.1 Å². The molecular formula is C23H25FN4O3. The number of amides is 1. The van der Waals surface area contributed by atoms with Crippen LogP contribution in [0.1, 0.15) is 30.2 Å². The lowest BCUT2D eigenvalue weighted by molar-refractivity contribution is -0.117. The normalized spacial score (nSPS) is 15.1. The number of benzene rings is 2. The number of ether oxygens (including phenoxy) is 1. The lowest BCUT2D eigenvalue weighted by Crippen LogP contribution is -2.38. The minimum Gasteiger partial charge on any atom is -0.497 e. The SMILES string of the molecule is COc1ccc(-c2noc(C3CCN(CC(=O)Nc4cc(F)ccc4C)CC3)n2)cc1. The van der Waals surface area contributed by atoms with Gasteiger partial charge in [-0.2, -0.15) is 4.98 Å². The Balaban J connectivity index is 1.30. The van der Waals surface area contributed by atoms with E-state index < -0.39 is 0 Å². The molecule has 1 N–H and O–H groups in total. The number of anilines is 1. The Morgan fingerprint density at radius 2 is 1.97 bits per heavy atom. The van der Waals surface area contributed by atoms with Crippen LogP contribution in [0.2, 0.25) is 0 Å². The first-order valence-corrected chi connectivity index (χ1v) is 10.3. The summed E-state index contributed by atoms with van der Waals surface area (Å²) < 4.78 is 24.1. The fraction of sp³-hybridized carbons (Fsp3) is 0.348. The monoisotopic (exact) mass is 424 g/mol. The van der Waals surface area contributed by atoms with Gasteiger partial charge in [0.05, 0.1) is 13.7 Å². The quantitative estimate of drug-likeness (QED) is 0.644. The highest BCUT2D eigenvalue weighted by molar-refractivity contribution is 5.92. The van der Waals surface area contributed by atoms with Crippen molar-refractivity contribution in [2.75, 3.05) is 32.1 Å². The van der Waals surface area contributed by atoms with Crippen LogP contribution < -0.4 is 10.1 Å². The van der Waals surface area contributed by atoms with E-state index in [0.29, 0.717) is 17.4 Å². The molecule has 8 heteroatoms. The van der Waals surface area contributed by atoms with Crippen molar-refractivity contribution in [3.8, 4) is 17.1 Å². The molecule has 1 aliphatic rings. The molecule has 1 saturated heterocycles. The molecule has 0 unspecified atom stereocenters. The van der Waals surface area contributed by atoms with Crippen molar-refractivity contribution in [1.29, 1.82) is 0 Å². The highest BCUT2D eigenvalue weighted by Crippen LogP contribution is 2.29. The van der Waals surface area contributed by atoms with E-state index in [0.717, 1.165) is 42.8 Å². The molecule has 1 fully saturated rings. The Kier molecular flexibility index (Phi) is 6.27. The van der Waals surface area contributed by atoms with E-state index >= 15 is 0 Å². The van der Waals surface area contributed by atoms with Crippen LogP contribution in [0, 0.1) is 12.7 Å². The third-order valence-electron chi connectivity index (χ3n) is 5.57. The first-order valence-electron chi connectivity index (χ1n) is 10.3. The molecule has 162 valence electrons. The zero-order valence-corrected chi connectivity index (χ0v) is 17.6. The first-order chi connectivity index (χ1) is 15.0. The minimum atomic E-state index is -0.365. The molecule has 1 amide bonds. The van der Waals surface area contributed by atoms with Crippen molar-refractivity contribution < 1.29 is 18.4 Å². The van der Waals surface area contributed by atoms with E-state index in [-0.39, 0.29) is 24.2 Å². The number of hydrogen-bond acceptors (Lipinski definition) is 6. The number of hydrogen-bond donors (Lipinski definition) is 1. The average Bonchev–Trinajstić information content (AvgIpc) is 3.27. The fourth-order valence-corrected chi connectivity index (χ4v) is 3.72. The molecule has 0 aliphatic carbocycles. The molecule has 0 spiro atoms. The summed E-state index contributed by atoms with van der Waals surface area (Å²) in [5.74, 6) is 1.62. The number of halogens is 1. The third kappa shape index (κ3) is 5.08. The number of piperidine rings is 1. The molecule has 0 atom stereocenters. The second kappa shape index (κ2) is 9.26. The van der Waals surface area contributed by atoms with Crippen LogP contribution >= 0.6 is 0 Å².